The van der Waals surface area contributed by atoms with Crippen molar-refractivity contribution in [3.63, 3.8) is 0 Å². The van der Waals surface area contributed by atoms with Gasteiger partial charge in [-0.25, -0.2) is 0 Å². The number of aromatic hydroxyl groups is 1. The molecule has 0 amide bonds. The molecule has 5 rings (SSSR count). The van der Waals surface area contributed by atoms with E-state index < -0.39 is 0 Å². The van der Waals surface area contributed by atoms with Gasteiger partial charge in [-0.15, -0.1) is 0 Å². The number of phenols is 1. The summed E-state index contributed by atoms with van der Waals surface area (Å²) in [5.41, 5.74) is 2.50. The number of methoxy groups -OCH3 is 1. The lowest BCUT2D eigenvalue weighted by atomic mass is 10.0. The van der Waals surface area contributed by atoms with Gasteiger partial charge in [0.15, 0.2) is 5.76 Å². The molecule has 3 aromatic rings. The molecule has 2 saturated heterocycles. The van der Waals surface area contributed by atoms with Crippen LogP contribution in [0.4, 0.5) is 0 Å². The Morgan fingerprint density at radius 3 is 2.09 bits per heavy atom. The van der Waals surface area contributed by atoms with Gasteiger partial charge in [-0.2, -0.15) is 0 Å². The first-order valence-electron chi connectivity index (χ1n) is 15.8. The number of benzene rings is 2. The van der Waals surface area contributed by atoms with Gasteiger partial charge >= 0.3 is 0 Å². The molecule has 0 bridgehead atoms. The van der Waals surface area contributed by atoms with Crippen LogP contribution in [0.5, 0.6) is 23.0 Å². The van der Waals surface area contributed by atoms with E-state index in [-0.39, 0.29) is 22.3 Å². The summed E-state index contributed by atoms with van der Waals surface area (Å²) in [6.07, 6.45) is 9.90. The second-order valence-corrected chi connectivity index (χ2v) is 11.9. The van der Waals surface area contributed by atoms with Crippen LogP contribution in [0.1, 0.15) is 57.9 Å². The Morgan fingerprint density at radius 2 is 1.51 bits per heavy atom. The van der Waals surface area contributed by atoms with Crippen LogP contribution in [-0.4, -0.2) is 74.5 Å². The number of hydrogen-bond acceptors (Lipinski definition) is 8. The fraction of sp³-hybridized carbons (Fsp3) is 0.514. The molecular weight excluding hydrogens is 544 g/mol. The first-order valence-corrected chi connectivity index (χ1v) is 15.8. The van der Waals surface area contributed by atoms with Crippen LogP contribution in [0, 0.1) is 0 Å². The molecule has 1 N–H and O–H groups in total. The van der Waals surface area contributed by atoms with Crippen molar-refractivity contribution in [1.82, 2.24) is 9.80 Å². The number of ether oxygens (including phenoxy) is 3. The first-order chi connectivity index (χ1) is 20.9. The van der Waals surface area contributed by atoms with Crippen molar-refractivity contribution in [2.45, 2.75) is 58.8 Å². The normalized spacial score (nSPS) is 16.3. The lowest BCUT2D eigenvalue weighted by Crippen LogP contribution is -2.33. The molecule has 2 aliphatic rings. The molecular formula is C35H46N2O6. The Bertz CT molecular complexity index is 1450. The fourth-order valence-corrected chi connectivity index (χ4v) is 5.98. The fourth-order valence-electron chi connectivity index (χ4n) is 5.98. The topological polar surface area (TPSA) is 84.6 Å². The van der Waals surface area contributed by atoms with Gasteiger partial charge in [-0.05, 0) is 96.4 Å². The Balaban J connectivity index is 1.55. The van der Waals surface area contributed by atoms with Crippen molar-refractivity contribution in [2.24, 2.45) is 0 Å². The first kappa shape index (κ1) is 31.0. The number of piperidine rings is 2. The van der Waals surface area contributed by atoms with E-state index in [9.17, 15) is 9.90 Å². The number of hydrogen-bond donors (Lipinski definition) is 1. The molecule has 0 atom stereocenters. The van der Waals surface area contributed by atoms with Crippen LogP contribution in [0.15, 0.2) is 51.2 Å². The minimum absolute atomic E-state index is 0.108. The van der Waals surface area contributed by atoms with Gasteiger partial charge in [0.2, 0.25) is 11.2 Å². The molecule has 8 heteroatoms. The van der Waals surface area contributed by atoms with Crippen molar-refractivity contribution in [2.75, 3.05) is 59.6 Å². The SMILES string of the molecule is COc1ccc(-c2oc3c(CC=C(C)C)c(OCCN4CCCCC4)cc(O)c3c(=O)c2OCCN2CCCCC2)cc1. The molecule has 8 nitrogen and oxygen atoms in total. The molecule has 2 aromatic carbocycles. The van der Waals surface area contributed by atoms with E-state index in [4.69, 9.17) is 18.6 Å². The van der Waals surface area contributed by atoms with E-state index in [2.05, 4.69) is 15.9 Å². The van der Waals surface area contributed by atoms with Crippen LogP contribution >= 0.6 is 0 Å². The molecule has 2 aliphatic heterocycles. The number of likely N-dealkylation sites (tertiary alicyclic amines) is 2. The van der Waals surface area contributed by atoms with E-state index in [1.807, 2.05) is 38.1 Å². The molecule has 0 unspecified atom stereocenters. The lowest BCUT2D eigenvalue weighted by molar-refractivity contribution is 0.181. The predicted octanol–water partition coefficient (Wildman–Crippen LogP) is 6.41. The maximum absolute atomic E-state index is 14.1. The third kappa shape index (κ3) is 7.73. The van der Waals surface area contributed by atoms with Crippen molar-refractivity contribution >= 4 is 11.0 Å². The van der Waals surface area contributed by atoms with Crippen LogP contribution in [0.2, 0.25) is 0 Å². The van der Waals surface area contributed by atoms with Gasteiger partial charge in [0.25, 0.3) is 0 Å². The van der Waals surface area contributed by atoms with Gasteiger partial charge in [0, 0.05) is 30.3 Å². The average molecular weight is 591 g/mol. The summed E-state index contributed by atoms with van der Waals surface area (Å²) in [4.78, 5) is 18.9. The summed E-state index contributed by atoms with van der Waals surface area (Å²) in [6.45, 7) is 10.7. The monoisotopic (exact) mass is 590 g/mol. The Hall–Kier alpha value is -3.49. The van der Waals surface area contributed by atoms with Gasteiger partial charge in [-0.1, -0.05) is 24.5 Å². The summed E-state index contributed by atoms with van der Waals surface area (Å²) >= 11 is 0. The van der Waals surface area contributed by atoms with Crippen molar-refractivity contribution in [3.8, 4) is 34.3 Å². The third-order valence-electron chi connectivity index (χ3n) is 8.45. The second kappa shape index (κ2) is 14.8. The molecule has 0 aliphatic carbocycles. The minimum Gasteiger partial charge on any atom is -0.507 e. The highest BCUT2D eigenvalue weighted by Gasteiger charge is 2.25. The van der Waals surface area contributed by atoms with Crippen molar-refractivity contribution in [3.05, 3.63) is 57.8 Å². The smallest absolute Gasteiger partial charge is 0.239 e. The summed E-state index contributed by atoms with van der Waals surface area (Å²) in [5, 5.41) is 11.3. The van der Waals surface area contributed by atoms with E-state index in [1.165, 1.54) is 38.5 Å². The molecule has 0 spiro atoms. The van der Waals surface area contributed by atoms with E-state index >= 15 is 0 Å². The average Bonchev–Trinajstić information content (AvgIpc) is 3.02. The number of fused-ring (bicyclic) bond motifs is 1. The summed E-state index contributed by atoms with van der Waals surface area (Å²) in [6, 6.07) is 8.94. The standard InChI is InChI=1S/C35H46N2O6/c1-25(2)10-15-28-30(41-22-20-36-16-6-4-7-17-36)24-29(38)31-32(39)35(42-23-21-37-18-8-5-9-19-37)33(43-34(28)31)26-11-13-27(40-3)14-12-26/h10-14,24,38H,4-9,15-23H2,1-3H3. The van der Waals surface area contributed by atoms with Crippen LogP contribution < -0.4 is 19.6 Å². The van der Waals surface area contributed by atoms with Gasteiger partial charge in [-0.3, -0.25) is 14.6 Å². The highest BCUT2D eigenvalue weighted by Crippen LogP contribution is 2.40. The zero-order chi connectivity index (χ0) is 30.2. The lowest BCUT2D eigenvalue weighted by Gasteiger charge is -2.26. The summed E-state index contributed by atoms with van der Waals surface area (Å²) in [7, 11) is 1.62. The van der Waals surface area contributed by atoms with Crippen LogP contribution in [0.3, 0.4) is 0 Å². The Kier molecular flexibility index (Phi) is 10.7. The van der Waals surface area contributed by atoms with Crippen molar-refractivity contribution < 1.29 is 23.7 Å². The number of nitrogens with zero attached hydrogens (tertiary/aromatic N) is 2. The highest BCUT2D eigenvalue weighted by atomic mass is 16.5. The third-order valence-corrected chi connectivity index (χ3v) is 8.45. The van der Waals surface area contributed by atoms with Gasteiger partial charge < -0.3 is 23.7 Å². The van der Waals surface area contributed by atoms with Gasteiger partial charge in [0.1, 0.15) is 41.4 Å². The number of rotatable bonds is 12. The zero-order valence-corrected chi connectivity index (χ0v) is 26.0. The second-order valence-electron chi connectivity index (χ2n) is 11.9. The largest absolute Gasteiger partial charge is 0.507 e. The maximum atomic E-state index is 14.1. The van der Waals surface area contributed by atoms with E-state index in [1.54, 1.807) is 13.2 Å². The summed E-state index contributed by atoms with van der Waals surface area (Å²) < 4.78 is 24.5. The Labute approximate surface area is 254 Å². The minimum atomic E-state index is -0.387. The molecule has 3 heterocycles. The number of allylic oxidation sites excluding steroid dienone is 2. The molecule has 232 valence electrons. The van der Waals surface area contributed by atoms with Crippen LogP contribution in [-0.2, 0) is 6.42 Å². The van der Waals surface area contributed by atoms with E-state index in [0.29, 0.717) is 48.0 Å². The maximum Gasteiger partial charge on any atom is 0.239 e. The molecule has 0 radical (unpaired) electrons. The van der Waals surface area contributed by atoms with E-state index in [0.717, 1.165) is 50.4 Å². The quantitative estimate of drug-likeness (QED) is 0.242. The molecule has 2 fully saturated rings. The van der Waals surface area contributed by atoms with Crippen LogP contribution in [0.25, 0.3) is 22.3 Å². The molecule has 43 heavy (non-hydrogen) atoms. The van der Waals surface area contributed by atoms with Crippen molar-refractivity contribution in [1.29, 1.82) is 0 Å². The zero-order valence-electron chi connectivity index (χ0n) is 26.0. The molecule has 1 aromatic heterocycles. The Morgan fingerprint density at radius 1 is 0.907 bits per heavy atom. The van der Waals surface area contributed by atoms with Gasteiger partial charge in [0.05, 0.1) is 7.11 Å². The highest BCUT2D eigenvalue weighted by molar-refractivity contribution is 5.91. The summed E-state index contributed by atoms with van der Waals surface area (Å²) in [5.74, 6) is 1.51. The molecule has 0 saturated carbocycles. The predicted molar refractivity (Wildman–Crippen MR) is 171 cm³/mol. The number of phenolic OH excluding ortho intramolecular Hbond substituents is 1.